The molecule has 1 aromatic heterocycles. The van der Waals surface area contributed by atoms with Crippen LogP contribution in [0.25, 0.3) is 10.9 Å². The van der Waals surface area contributed by atoms with E-state index in [1.165, 1.54) is 10.9 Å². The molecule has 0 unspecified atom stereocenters. The summed E-state index contributed by atoms with van der Waals surface area (Å²) >= 11 is 5.92. The maximum Gasteiger partial charge on any atom is 0.0841 e. The van der Waals surface area contributed by atoms with Crippen LogP contribution in [0.3, 0.4) is 0 Å². The number of benzene rings is 2. The monoisotopic (exact) mass is 299 g/mol. The smallest absolute Gasteiger partial charge is 0.0841 e. The van der Waals surface area contributed by atoms with Crippen molar-refractivity contribution in [3.05, 3.63) is 64.8 Å². The topological polar surface area (TPSA) is 29.9 Å². The van der Waals surface area contributed by atoms with E-state index in [1.807, 2.05) is 29.9 Å². The van der Waals surface area contributed by atoms with Gasteiger partial charge in [0.15, 0.2) is 0 Å². The molecule has 0 radical (unpaired) electrons. The zero-order chi connectivity index (χ0) is 14.8. The van der Waals surface area contributed by atoms with E-state index >= 15 is 0 Å². The van der Waals surface area contributed by atoms with Gasteiger partial charge in [0.2, 0.25) is 0 Å². The number of aryl methyl sites for hydroxylation is 1. The highest BCUT2D eigenvalue weighted by Gasteiger charge is 2.10. The molecule has 108 valence electrons. The second-order valence-corrected chi connectivity index (χ2v) is 5.68. The molecule has 0 saturated heterocycles. The van der Waals surface area contributed by atoms with Gasteiger partial charge in [0.25, 0.3) is 0 Å². The van der Waals surface area contributed by atoms with Gasteiger partial charge in [-0.15, -0.1) is 0 Å². The number of para-hydroxylation sites is 1. The highest BCUT2D eigenvalue weighted by molar-refractivity contribution is 6.30. The summed E-state index contributed by atoms with van der Waals surface area (Å²) in [5.41, 5.74) is 3.46. The first kappa shape index (κ1) is 14.1. The van der Waals surface area contributed by atoms with Crippen molar-refractivity contribution >= 4 is 22.5 Å². The number of hydrogen-bond donors (Lipinski definition) is 1. The van der Waals surface area contributed by atoms with Crippen molar-refractivity contribution in [2.45, 2.75) is 19.5 Å². The summed E-state index contributed by atoms with van der Waals surface area (Å²) < 4.78 is 1.93. The molecule has 0 amide bonds. The third-order valence-corrected chi connectivity index (χ3v) is 4.03. The van der Waals surface area contributed by atoms with Gasteiger partial charge in [0, 0.05) is 30.0 Å². The molecule has 3 rings (SSSR count). The average Bonchev–Trinajstić information content (AvgIpc) is 2.83. The predicted molar refractivity (Wildman–Crippen MR) is 87.4 cm³/mol. The van der Waals surface area contributed by atoms with E-state index in [0.717, 1.165) is 22.8 Å². The van der Waals surface area contributed by atoms with Gasteiger partial charge in [0.05, 0.1) is 11.2 Å². The second-order valence-electron chi connectivity index (χ2n) is 5.24. The number of halogens is 1. The number of fused-ring (bicyclic) bond motifs is 1. The van der Waals surface area contributed by atoms with Crippen molar-refractivity contribution in [3.63, 3.8) is 0 Å². The molecule has 3 nitrogen and oxygen atoms in total. The van der Waals surface area contributed by atoms with Gasteiger partial charge in [-0.1, -0.05) is 41.9 Å². The standard InChI is InChI=1S/C17H18ClN3/c1-12(13-7-9-14(18)10-8-13)19-11-16-15-5-3-4-6-17(15)21(2)20-16/h3-10,12,19H,11H2,1-2H3/t12-/m0/s1. The fourth-order valence-electron chi connectivity index (χ4n) is 2.54. The van der Waals surface area contributed by atoms with Crippen LogP contribution in [0.5, 0.6) is 0 Å². The Kier molecular flexibility index (Phi) is 3.95. The van der Waals surface area contributed by atoms with Gasteiger partial charge < -0.3 is 5.32 Å². The Morgan fingerprint density at radius 3 is 2.62 bits per heavy atom. The SMILES string of the molecule is C[C@H](NCc1nn(C)c2ccccc12)c1ccc(Cl)cc1. The number of nitrogens with zero attached hydrogens (tertiary/aromatic N) is 2. The average molecular weight is 300 g/mol. The van der Waals surface area contributed by atoms with Crippen molar-refractivity contribution in [1.29, 1.82) is 0 Å². The lowest BCUT2D eigenvalue weighted by molar-refractivity contribution is 0.564. The van der Waals surface area contributed by atoms with Gasteiger partial charge in [-0.2, -0.15) is 5.10 Å². The van der Waals surface area contributed by atoms with E-state index < -0.39 is 0 Å². The van der Waals surface area contributed by atoms with Gasteiger partial charge >= 0.3 is 0 Å². The predicted octanol–water partition coefficient (Wildman–Crippen LogP) is 4.08. The van der Waals surface area contributed by atoms with Crippen LogP contribution in [0, 0.1) is 0 Å². The Labute approximate surface area is 129 Å². The van der Waals surface area contributed by atoms with E-state index in [0.29, 0.717) is 0 Å². The number of nitrogens with one attached hydrogen (secondary N) is 1. The molecule has 1 N–H and O–H groups in total. The second kappa shape index (κ2) is 5.88. The Morgan fingerprint density at radius 1 is 1.14 bits per heavy atom. The molecule has 1 atom stereocenters. The zero-order valence-corrected chi connectivity index (χ0v) is 12.9. The van der Waals surface area contributed by atoms with Crippen molar-refractivity contribution in [2.24, 2.45) is 7.05 Å². The fourth-order valence-corrected chi connectivity index (χ4v) is 2.66. The highest BCUT2D eigenvalue weighted by atomic mass is 35.5. The molecule has 1 heterocycles. The zero-order valence-electron chi connectivity index (χ0n) is 12.2. The third-order valence-electron chi connectivity index (χ3n) is 3.78. The van der Waals surface area contributed by atoms with Gasteiger partial charge in [0.1, 0.15) is 0 Å². The summed E-state index contributed by atoms with van der Waals surface area (Å²) in [6.45, 7) is 2.89. The van der Waals surface area contributed by atoms with Crippen LogP contribution in [0.15, 0.2) is 48.5 Å². The number of hydrogen-bond acceptors (Lipinski definition) is 2. The summed E-state index contributed by atoms with van der Waals surface area (Å²) in [5, 5.41) is 10.1. The van der Waals surface area contributed by atoms with Crippen LogP contribution < -0.4 is 5.32 Å². The summed E-state index contributed by atoms with van der Waals surface area (Å²) in [4.78, 5) is 0. The van der Waals surface area contributed by atoms with Gasteiger partial charge in [-0.05, 0) is 30.7 Å². The molecule has 0 aliphatic rings. The quantitative estimate of drug-likeness (QED) is 0.787. The lowest BCUT2D eigenvalue weighted by Crippen LogP contribution is -2.18. The first-order valence-electron chi connectivity index (χ1n) is 7.04. The molecule has 0 spiro atoms. The van der Waals surface area contributed by atoms with Crippen molar-refractivity contribution in [1.82, 2.24) is 15.1 Å². The van der Waals surface area contributed by atoms with E-state index in [4.69, 9.17) is 11.6 Å². The van der Waals surface area contributed by atoms with Crippen molar-refractivity contribution in [3.8, 4) is 0 Å². The summed E-state index contributed by atoms with van der Waals surface area (Å²) in [6.07, 6.45) is 0. The Balaban J connectivity index is 1.76. The molecule has 3 aromatic rings. The maximum absolute atomic E-state index is 5.92. The molecule has 0 bridgehead atoms. The maximum atomic E-state index is 5.92. The van der Waals surface area contributed by atoms with Crippen LogP contribution >= 0.6 is 11.6 Å². The van der Waals surface area contributed by atoms with Crippen LogP contribution in [0.1, 0.15) is 24.2 Å². The Hall–Kier alpha value is -1.84. The first-order chi connectivity index (χ1) is 10.1. The molecule has 0 saturated carbocycles. The summed E-state index contributed by atoms with van der Waals surface area (Å²) in [5.74, 6) is 0. The van der Waals surface area contributed by atoms with E-state index in [-0.39, 0.29) is 6.04 Å². The molecule has 2 aromatic carbocycles. The summed E-state index contributed by atoms with van der Waals surface area (Å²) in [6, 6.07) is 16.5. The largest absolute Gasteiger partial charge is 0.304 e. The third kappa shape index (κ3) is 2.94. The minimum atomic E-state index is 0.253. The lowest BCUT2D eigenvalue weighted by Gasteiger charge is -2.13. The Bertz CT molecular complexity index is 746. The lowest BCUT2D eigenvalue weighted by atomic mass is 10.1. The molecule has 0 fully saturated rings. The van der Waals surface area contributed by atoms with E-state index in [9.17, 15) is 0 Å². The molecular weight excluding hydrogens is 282 g/mol. The molecule has 4 heteroatoms. The van der Waals surface area contributed by atoms with Crippen LogP contribution in [0.4, 0.5) is 0 Å². The first-order valence-corrected chi connectivity index (χ1v) is 7.42. The van der Waals surface area contributed by atoms with Crippen LogP contribution in [0.2, 0.25) is 5.02 Å². The fraction of sp³-hybridized carbons (Fsp3) is 0.235. The van der Waals surface area contributed by atoms with Gasteiger partial charge in [-0.3, -0.25) is 4.68 Å². The van der Waals surface area contributed by atoms with Crippen LogP contribution in [-0.2, 0) is 13.6 Å². The van der Waals surface area contributed by atoms with Crippen molar-refractivity contribution < 1.29 is 0 Å². The molecule has 0 aliphatic heterocycles. The minimum Gasteiger partial charge on any atom is -0.304 e. The van der Waals surface area contributed by atoms with E-state index in [1.54, 1.807) is 0 Å². The van der Waals surface area contributed by atoms with Gasteiger partial charge in [-0.25, -0.2) is 0 Å². The number of rotatable bonds is 4. The van der Waals surface area contributed by atoms with E-state index in [2.05, 4.69) is 47.7 Å². The van der Waals surface area contributed by atoms with Crippen LogP contribution in [-0.4, -0.2) is 9.78 Å². The number of aromatic nitrogens is 2. The molecule has 21 heavy (non-hydrogen) atoms. The molecular formula is C17H18ClN3. The highest BCUT2D eigenvalue weighted by Crippen LogP contribution is 2.20. The molecule has 0 aliphatic carbocycles. The van der Waals surface area contributed by atoms with Crippen molar-refractivity contribution in [2.75, 3.05) is 0 Å². The normalized spacial score (nSPS) is 12.7. The summed E-state index contributed by atoms with van der Waals surface area (Å²) in [7, 11) is 1.98. The Morgan fingerprint density at radius 2 is 1.86 bits per heavy atom. The minimum absolute atomic E-state index is 0.253.